The SMILES string of the molecule is COc1cccc(CC(=O)NC2CCN(c3nccc(C(F)(F)F)n3)CC2)c1. The quantitative estimate of drug-likeness (QED) is 0.845. The van der Waals surface area contributed by atoms with Crippen molar-refractivity contribution in [1.82, 2.24) is 15.3 Å². The lowest BCUT2D eigenvalue weighted by atomic mass is 10.0. The van der Waals surface area contributed by atoms with E-state index in [9.17, 15) is 18.0 Å². The second kappa shape index (κ2) is 8.45. The lowest BCUT2D eigenvalue weighted by molar-refractivity contribution is -0.141. The van der Waals surface area contributed by atoms with Crippen molar-refractivity contribution in [2.24, 2.45) is 0 Å². The molecule has 1 N–H and O–H groups in total. The van der Waals surface area contributed by atoms with E-state index in [-0.39, 0.29) is 24.3 Å². The average molecular weight is 394 g/mol. The van der Waals surface area contributed by atoms with Crippen molar-refractivity contribution >= 4 is 11.9 Å². The molecule has 1 aromatic carbocycles. The number of aromatic nitrogens is 2. The number of amides is 1. The molecule has 1 aromatic heterocycles. The van der Waals surface area contributed by atoms with Gasteiger partial charge in [-0.2, -0.15) is 13.2 Å². The van der Waals surface area contributed by atoms with E-state index in [1.165, 1.54) is 0 Å². The average Bonchev–Trinajstić information content (AvgIpc) is 2.68. The molecule has 1 fully saturated rings. The highest BCUT2D eigenvalue weighted by Gasteiger charge is 2.33. The maximum absolute atomic E-state index is 12.8. The van der Waals surface area contributed by atoms with E-state index < -0.39 is 11.9 Å². The van der Waals surface area contributed by atoms with Crippen LogP contribution in [-0.2, 0) is 17.4 Å². The molecule has 0 spiro atoms. The number of rotatable bonds is 5. The van der Waals surface area contributed by atoms with Gasteiger partial charge in [0.15, 0.2) is 0 Å². The molecule has 3 rings (SSSR count). The largest absolute Gasteiger partial charge is 0.497 e. The fourth-order valence-corrected chi connectivity index (χ4v) is 3.13. The summed E-state index contributed by atoms with van der Waals surface area (Å²) < 4.78 is 43.6. The first-order valence-electron chi connectivity index (χ1n) is 8.92. The number of carbonyl (C=O) groups is 1. The van der Waals surface area contributed by atoms with Crippen molar-refractivity contribution in [3.63, 3.8) is 0 Å². The van der Waals surface area contributed by atoms with Crippen LogP contribution in [0.2, 0.25) is 0 Å². The zero-order valence-electron chi connectivity index (χ0n) is 15.4. The van der Waals surface area contributed by atoms with Crippen LogP contribution >= 0.6 is 0 Å². The van der Waals surface area contributed by atoms with Gasteiger partial charge in [-0.15, -0.1) is 0 Å². The van der Waals surface area contributed by atoms with Crippen LogP contribution in [-0.4, -0.2) is 42.1 Å². The predicted octanol–water partition coefficient (Wildman–Crippen LogP) is 2.83. The van der Waals surface area contributed by atoms with E-state index in [0.29, 0.717) is 31.7 Å². The summed E-state index contributed by atoms with van der Waals surface area (Å²) in [7, 11) is 1.57. The van der Waals surface area contributed by atoms with Crippen molar-refractivity contribution in [3.8, 4) is 5.75 Å². The fraction of sp³-hybridized carbons (Fsp3) is 0.421. The standard InChI is InChI=1S/C19H21F3N4O2/c1-28-15-4-2-3-13(11-15)12-17(27)24-14-6-9-26(10-7-14)18-23-8-5-16(25-18)19(20,21)22/h2-5,8,11,14H,6-7,9-10,12H2,1H3,(H,24,27). The number of hydrogen-bond acceptors (Lipinski definition) is 5. The van der Waals surface area contributed by atoms with Gasteiger partial charge in [0.2, 0.25) is 11.9 Å². The summed E-state index contributed by atoms with van der Waals surface area (Å²) in [5.41, 5.74) is -0.0992. The van der Waals surface area contributed by atoms with E-state index in [4.69, 9.17) is 4.74 Å². The van der Waals surface area contributed by atoms with Crippen LogP contribution in [0.5, 0.6) is 5.75 Å². The first-order chi connectivity index (χ1) is 13.3. The Morgan fingerprint density at radius 3 is 2.71 bits per heavy atom. The van der Waals surface area contributed by atoms with Crippen molar-refractivity contribution in [3.05, 3.63) is 47.8 Å². The topological polar surface area (TPSA) is 67.3 Å². The maximum Gasteiger partial charge on any atom is 0.433 e. The Hall–Kier alpha value is -2.84. The molecule has 1 saturated heterocycles. The number of hydrogen-bond donors (Lipinski definition) is 1. The van der Waals surface area contributed by atoms with Crippen LogP contribution in [0.15, 0.2) is 36.5 Å². The van der Waals surface area contributed by atoms with Crippen LogP contribution in [0.25, 0.3) is 0 Å². The third-order valence-corrected chi connectivity index (χ3v) is 4.58. The Morgan fingerprint density at radius 2 is 2.04 bits per heavy atom. The van der Waals surface area contributed by atoms with Crippen molar-refractivity contribution < 1.29 is 22.7 Å². The Labute approximate surface area is 160 Å². The zero-order chi connectivity index (χ0) is 20.1. The molecular formula is C19H21F3N4O2. The van der Waals surface area contributed by atoms with E-state index in [1.807, 2.05) is 24.3 Å². The molecule has 150 valence electrons. The number of nitrogens with zero attached hydrogens (tertiary/aromatic N) is 3. The number of methoxy groups -OCH3 is 1. The van der Waals surface area contributed by atoms with E-state index in [2.05, 4.69) is 15.3 Å². The highest BCUT2D eigenvalue weighted by molar-refractivity contribution is 5.79. The lowest BCUT2D eigenvalue weighted by Crippen LogP contribution is -2.45. The number of alkyl halides is 3. The summed E-state index contributed by atoms with van der Waals surface area (Å²) >= 11 is 0. The van der Waals surface area contributed by atoms with Crippen molar-refractivity contribution in [2.75, 3.05) is 25.1 Å². The smallest absolute Gasteiger partial charge is 0.433 e. The van der Waals surface area contributed by atoms with Crippen LogP contribution in [0.3, 0.4) is 0 Å². The lowest BCUT2D eigenvalue weighted by Gasteiger charge is -2.32. The molecule has 0 radical (unpaired) electrons. The molecule has 0 atom stereocenters. The molecule has 6 nitrogen and oxygen atoms in total. The van der Waals surface area contributed by atoms with Crippen LogP contribution in [0.1, 0.15) is 24.1 Å². The molecule has 1 aliphatic rings. The van der Waals surface area contributed by atoms with Crippen LogP contribution < -0.4 is 15.0 Å². The molecule has 0 saturated carbocycles. The highest BCUT2D eigenvalue weighted by Crippen LogP contribution is 2.28. The second-order valence-corrected chi connectivity index (χ2v) is 6.60. The summed E-state index contributed by atoms with van der Waals surface area (Å²) in [5, 5.41) is 2.99. The number of carbonyl (C=O) groups excluding carboxylic acids is 1. The number of nitrogens with one attached hydrogen (secondary N) is 1. The fourth-order valence-electron chi connectivity index (χ4n) is 3.13. The van der Waals surface area contributed by atoms with E-state index >= 15 is 0 Å². The van der Waals surface area contributed by atoms with Gasteiger partial charge in [-0.25, -0.2) is 9.97 Å². The summed E-state index contributed by atoms with van der Waals surface area (Å²) in [6.45, 7) is 0.955. The van der Waals surface area contributed by atoms with Gasteiger partial charge in [-0.3, -0.25) is 4.79 Å². The molecule has 9 heteroatoms. The van der Waals surface area contributed by atoms with E-state index in [1.54, 1.807) is 12.0 Å². The van der Waals surface area contributed by atoms with Gasteiger partial charge in [-0.1, -0.05) is 12.1 Å². The van der Waals surface area contributed by atoms with Crippen LogP contribution in [0, 0.1) is 0 Å². The Kier molecular flexibility index (Phi) is 6.01. The Morgan fingerprint density at radius 1 is 1.29 bits per heavy atom. The van der Waals surface area contributed by atoms with Gasteiger partial charge >= 0.3 is 6.18 Å². The maximum atomic E-state index is 12.8. The summed E-state index contributed by atoms with van der Waals surface area (Å²) in [6.07, 6.45) is -1.90. The number of anilines is 1. The number of halogens is 3. The van der Waals surface area contributed by atoms with Gasteiger partial charge < -0.3 is 15.0 Å². The minimum Gasteiger partial charge on any atom is -0.497 e. The first-order valence-corrected chi connectivity index (χ1v) is 8.92. The van der Waals surface area contributed by atoms with Crippen molar-refractivity contribution in [1.29, 1.82) is 0 Å². The monoisotopic (exact) mass is 394 g/mol. The molecule has 2 aromatic rings. The van der Waals surface area contributed by atoms with Crippen LogP contribution in [0.4, 0.5) is 19.1 Å². The molecule has 28 heavy (non-hydrogen) atoms. The summed E-state index contributed by atoms with van der Waals surface area (Å²) in [4.78, 5) is 21.5. The van der Waals surface area contributed by atoms with Gasteiger partial charge in [-0.05, 0) is 36.6 Å². The molecule has 1 aliphatic heterocycles. The number of benzene rings is 1. The number of piperidine rings is 1. The first kappa shape index (κ1) is 19.9. The molecule has 1 amide bonds. The van der Waals surface area contributed by atoms with E-state index in [0.717, 1.165) is 17.8 Å². The zero-order valence-corrected chi connectivity index (χ0v) is 15.4. The summed E-state index contributed by atoms with van der Waals surface area (Å²) in [6, 6.07) is 8.14. The Bertz CT molecular complexity index is 821. The number of ether oxygens (including phenoxy) is 1. The molecule has 0 unspecified atom stereocenters. The van der Waals surface area contributed by atoms with Gasteiger partial charge in [0.25, 0.3) is 0 Å². The molecular weight excluding hydrogens is 373 g/mol. The minimum atomic E-state index is -4.50. The highest BCUT2D eigenvalue weighted by atomic mass is 19.4. The normalized spacial score (nSPS) is 15.4. The van der Waals surface area contributed by atoms with Crippen molar-refractivity contribution in [2.45, 2.75) is 31.5 Å². The molecule has 2 heterocycles. The predicted molar refractivity (Wildman–Crippen MR) is 97.1 cm³/mol. The third-order valence-electron chi connectivity index (χ3n) is 4.58. The molecule has 0 aliphatic carbocycles. The van der Waals surface area contributed by atoms with Gasteiger partial charge in [0, 0.05) is 25.3 Å². The minimum absolute atomic E-state index is 0.0276. The van der Waals surface area contributed by atoms with Gasteiger partial charge in [0.05, 0.1) is 13.5 Å². The summed E-state index contributed by atoms with van der Waals surface area (Å²) in [5.74, 6) is 0.665. The van der Waals surface area contributed by atoms with Gasteiger partial charge in [0.1, 0.15) is 11.4 Å². The molecule has 0 bridgehead atoms. The second-order valence-electron chi connectivity index (χ2n) is 6.60. The Balaban J connectivity index is 1.52. The third kappa shape index (κ3) is 5.11.